The fourth-order valence-electron chi connectivity index (χ4n) is 3.72. The molecular formula is C20H29FN4O2. The molecule has 2 saturated heterocycles. The number of benzene rings is 1. The zero-order valence-corrected chi connectivity index (χ0v) is 15.8. The number of anilines is 1. The number of piperazine rings is 1. The van der Waals surface area contributed by atoms with Gasteiger partial charge in [-0.05, 0) is 56.1 Å². The number of nitrogens with zero attached hydrogens (tertiary/aromatic N) is 2. The van der Waals surface area contributed by atoms with Crippen molar-refractivity contribution in [3.63, 3.8) is 0 Å². The molecule has 1 aromatic rings. The van der Waals surface area contributed by atoms with E-state index in [1.54, 1.807) is 12.1 Å². The van der Waals surface area contributed by atoms with Gasteiger partial charge in [0, 0.05) is 51.3 Å². The van der Waals surface area contributed by atoms with Crippen LogP contribution >= 0.6 is 0 Å². The van der Waals surface area contributed by atoms with Gasteiger partial charge in [0.15, 0.2) is 0 Å². The molecule has 2 heterocycles. The van der Waals surface area contributed by atoms with E-state index in [1.165, 1.54) is 12.1 Å². The number of nitrogens with one attached hydrogen (secondary N) is 2. The van der Waals surface area contributed by atoms with E-state index in [-0.39, 0.29) is 17.6 Å². The van der Waals surface area contributed by atoms with Crippen molar-refractivity contribution in [3.8, 4) is 0 Å². The molecule has 0 aliphatic carbocycles. The van der Waals surface area contributed by atoms with Crippen LogP contribution in [-0.2, 0) is 9.59 Å². The van der Waals surface area contributed by atoms with Gasteiger partial charge in [0.25, 0.3) is 0 Å². The highest BCUT2D eigenvalue weighted by atomic mass is 19.1. The molecule has 148 valence electrons. The average Bonchev–Trinajstić information content (AvgIpc) is 3.21. The highest BCUT2D eigenvalue weighted by Crippen LogP contribution is 2.17. The molecule has 0 spiro atoms. The lowest BCUT2D eigenvalue weighted by atomic mass is 10.0. The maximum atomic E-state index is 13.0. The molecule has 2 amide bonds. The zero-order chi connectivity index (χ0) is 19.1. The van der Waals surface area contributed by atoms with Crippen LogP contribution in [0.15, 0.2) is 24.3 Å². The van der Waals surface area contributed by atoms with Crippen LogP contribution in [0.4, 0.5) is 10.1 Å². The van der Waals surface area contributed by atoms with E-state index in [9.17, 15) is 14.0 Å². The lowest BCUT2D eigenvalue weighted by Gasteiger charge is -2.36. The highest BCUT2D eigenvalue weighted by Gasteiger charge is 2.21. The Morgan fingerprint density at radius 3 is 2.52 bits per heavy atom. The predicted molar refractivity (Wildman–Crippen MR) is 103 cm³/mol. The van der Waals surface area contributed by atoms with Crippen molar-refractivity contribution in [2.45, 2.75) is 25.7 Å². The van der Waals surface area contributed by atoms with Crippen LogP contribution in [0, 0.1) is 11.7 Å². The summed E-state index contributed by atoms with van der Waals surface area (Å²) in [6, 6.07) is 6.45. The van der Waals surface area contributed by atoms with Crippen molar-refractivity contribution in [2.75, 3.05) is 50.7 Å². The van der Waals surface area contributed by atoms with Gasteiger partial charge < -0.3 is 20.4 Å². The first kappa shape index (κ1) is 19.6. The maximum absolute atomic E-state index is 13.0. The summed E-state index contributed by atoms with van der Waals surface area (Å²) < 4.78 is 13.0. The lowest BCUT2D eigenvalue weighted by molar-refractivity contribution is -0.131. The van der Waals surface area contributed by atoms with E-state index in [4.69, 9.17) is 0 Å². The maximum Gasteiger partial charge on any atom is 0.224 e. The van der Waals surface area contributed by atoms with Crippen molar-refractivity contribution in [1.82, 2.24) is 15.5 Å². The first-order valence-corrected chi connectivity index (χ1v) is 9.87. The second-order valence-corrected chi connectivity index (χ2v) is 7.34. The van der Waals surface area contributed by atoms with Gasteiger partial charge in [-0.25, -0.2) is 4.39 Å². The van der Waals surface area contributed by atoms with Crippen molar-refractivity contribution < 1.29 is 14.0 Å². The second-order valence-electron chi connectivity index (χ2n) is 7.34. The molecule has 7 heteroatoms. The predicted octanol–water partition coefficient (Wildman–Crippen LogP) is 1.37. The van der Waals surface area contributed by atoms with E-state index in [1.807, 2.05) is 4.90 Å². The van der Waals surface area contributed by atoms with Gasteiger partial charge in [-0.2, -0.15) is 0 Å². The molecule has 2 aliphatic rings. The lowest BCUT2D eigenvalue weighted by Crippen LogP contribution is -2.49. The molecular weight excluding hydrogens is 347 g/mol. The summed E-state index contributed by atoms with van der Waals surface area (Å²) in [6.07, 6.45) is 2.94. The van der Waals surface area contributed by atoms with Gasteiger partial charge in [-0.1, -0.05) is 0 Å². The van der Waals surface area contributed by atoms with Crippen LogP contribution in [-0.4, -0.2) is 62.5 Å². The summed E-state index contributed by atoms with van der Waals surface area (Å²) in [6.45, 7) is 5.24. The van der Waals surface area contributed by atoms with Crippen LogP contribution < -0.4 is 15.5 Å². The SMILES string of the molecule is O=C(CCC1CCNC1)NCCC(=O)N1CCN(c2ccc(F)cc2)CC1. The van der Waals surface area contributed by atoms with Crippen LogP contribution in [0.3, 0.4) is 0 Å². The van der Waals surface area contributed by atoms with Gasteiger partial charge in [0.05, 0.1) is 0 Å². The number of rotatable bonds is 7. The largest absolute Gasteiger partial charge is 0.368 e. The number of hydrogen-bond donors (Lipinski definition) is 2. The normalized spacial score (nSPS) is 20.0. The van der Waals surface area contributed by atoms with Crippen molar-refractivity contribution in [1.29, 1.82) is 0 Å². The zero-order valence-electron chi connectivity index (χ0n) is 15.8. The summed E-state index contributed by atoms with van der Waals surface area (Å²) in [5.74, 6) is 0.481. The minimum absolute atomic E-state index is 0.0378. The van der Waals surface area contributed by atoms with Crippen molar-refractivity contribution in [2.24, 2.45) is 5.92 Å². The van der Waals surface area contributed by atoms with Crippen LogP contribution in [0.5, 0.6) is 0 Å². The van der Waals surface area contributed by atoms with Gasteiger partial charge in [0.1, 0.15) is 5.82 Å². The third-order valence-electron chi connectivity index (χ3n) is 5.43. The number of amides is 2. The molecule has 0 aromatic heterocycles. The third-order valence-corrected chi connectivity index (χ3v) is 5.43. The standard InChI is InChI=1S/C20H29FN4O2/c21-17-2-4-18(5-3-17)24-11-13-25(14-12-24)20(27)8-10-23-19(26)6-1-16-7-9-22-15-16/h2-5,16,22H,1,6-15H2,(H,23,26). The minimum atomic E-state index is -0.241. The van der Waals surface area contributed by atoms with Crippen LogP contribution in [0.1, 0.15) is 25.7 Å². The van der Waals surface area contributed by atoms with Crippen LogP contribution in [0.2, 0.25) is 0 Å². The van der Waals surface area contributed by atoms with E-state index in [0.717, 1.165) is 44.7 Å². The van der Waals surface area contributed by atoms with Gasteiger partial charge >= 0.3 is 0 Å². The fourth-order valence-corrected chi connectivity index (χ4v) is 3.72. The molecule has 27 heavy (non-hydrogen) atoms. The Morgan fingerprint density at radius 2 is 1.85 bits per heavy atom. The van der Waals surface area contributed by atoms with Gasteiger partial charge in [-0.3, -0.25) is 9.59 Å². The molecule has 0 bridgehead atoms. The van der Waals surface area contributed by atoms with Crippen LogP contribution in [0.25, 0.3) is 0 Å². The average molecular weight is 376 g/mol. The Bertz CT molecular complexity index is 623. The molecule has 0 radical (unpaired) electrons. The fraction of sp³-hybridized carbons (Fsp3) is 0.600. The first-order valence-electron chi connectivity index (χ1n) is 9.87. The quantitative estimate of drug-likeness (QED) is 0.755. The third kappa shape index (κ3) is 5.92. The number of halogens is 1. The summed E-state index contributed by atoms with van der Waals surface area (Å²) in [4.78, 5) is 28.2. The minimum Gasteiger partial charge on any atom is -0.368 e. The Morgan fingerprint density at radius 1 is 1.11 bits per heavy atom. The number of carbonyl (C=O) groups is 2. The molecule has 2 aliphatic heterocycles. The number of carbonyl (C=O) groups excluding carboxylic acids is 2. The molecule has 2 fully saturated rings. The summed E-state index contributed by atoms with van der Waals surface area (Å²) >= 11 is 0. The van der Waals surface area contributed by atoms with E-state index < -0.39 is 0 Å². The van der Waals surface area contributed by atoms with Gasteiger partial charge in [-0.15, -0.1) is 0 Å². The Labute approximate surface area is 160 Å². The first-order chi connectivity index (χ1) is 13.1. The Kier molecular flexibility index (Phi) is 7.04. The van der Waals surface area contributed by atoms with E-state index in [2.05, 4.69) is 15.5 Å². The summed E-state index contributed by atoms with van der Waals surface area (Å²) in [5.41, 5.74) is 0.980. The molecule has 1 atom stereocenters. The highest BCUT2D eigenvalue weighted by molar-refractivity contribution is 5.79. The van der Waals surface area contributed by atoms with Crippen molar-refractivity contribution >= 4 is 17.5 Å². The summed E-state index contributed by atoms with van der Waals surface area (Å²) in [5, 5.41) is 6.17. The smallest absolute Gasteiger partial charge is 0.224 e. The van der Waals surface area contributed by atoms with Gasteiger partial charge in [0.2, 0.25) is 11.8 Å². The Balaban J connectivity index is 1.31. The van der Waals surface area contributed by atoms with E-state index >= 15 is 0 Å². The molecule has 1 aromatic carbocycles. The molecule has 0 saturated carbocycles. The topological polar surface area (TPSA) is 64.7 Å². The Hall–Kier alpha value is -2.15. The molecule has 3 rings (SSSR count). The number of hydrogen-bond acceptors (Lipinski definition) is 4. The second kappa shape index (κ2) is 9.69. The summed E-state index contributed by atoms with van der Waals surface area (Å²) in [7, 11) is 0. The molecule has 6 nitrogen and oxygen atoms in total. The van der Waals surface area contributed by atoms with Crippen molar-refractivity contribution in [3.05, 3.63) is 30.1 Å². The molecule has 1 unspecified atom stereocenters. The van der Waals surface area contributed by atoms with E-state index in [0.29, 0.717) is 38.4 Å². The molecule has 2 N–H and O–H groups in total. The monoisotopic (exact) mass is 376 g/mol.